The van der Waals surface area contributed by atoms with E-state index >= 15 is 0 Å². The third-order valence-electron chi connectivity index (χ3n) is 2.98. The van der Waals surface area contributed by atoms with Gasteiger partial charge in [0, 0.05) is 17.1 Å². The van der Waals surface area contributed by atoms with E-state index in [-0.39, 0.29) is 12.3 Å². The Morgan fingerprint density at radius 2 is 1.95 bits per heavy atom. The molecule has 0 aliphatic carbocycles. The second kappa shape index (κ2) is 9.33. The van der Waals surface area contributed by atoms with Crippen LogP contribution in [0.15, 0.2) is 24.3 Å². The van der Waals surface area contributed by atoms with Crippen molar-refractivity contribution in [2.45, 2.75) is 18.9 Å². The SMILES string of the molecule is C[NH2+]CCC[NH2+][C@H](CC(=O)Nc1ccc(Cl)cc1)C(=O)[O-]. The zero-order chi connectivity index (χ0) is 15.7. The van der Waals surface area contributed by atoms with E-state index in [0.717, 1.165) is 13.0 Å². The molecule has 1 atom stereocenters. The van der Waals surface area contributed by atoms with E-state index in [1.807, 2.05) is 12.4 Å². The molecule has 1 aromatic rings. The first-order chi connectivity index (χ1) is 10.0. The predicted octanol–water partition coefficient (Wildman–Crippen LogP) is -2.07. The Kier molecular flexibility index (Phi) is 7.74. The summed E-state index contributed by atoms with van der Waals surface area (Å²) >= 11 is 5.75. The molecule has 0 spiro atoms. The first kappa shape index (κ1) is 17.4. The quantitative estimate of drug-likeness (QED) is 0.456. The van der Waals surface area contributed by atoms with Crippen molar-refractivity contribution in [2.75, 3.05) is 25.5 Å². The zero-order valence-electron chi connectivity index (χ0n) is 12.0. The van der Waals surface area contributed by atoms with Gasteiger partial charge in [-0.3, -0.25) is 4.79 Å². The van der Waals surface area contributed by atoms with Crippen molar-refractivity contribution in [1.29, 1.82) is 0 Å². The number of aliphatic carboxylic acids is 1. The van der Waals surface area contributed by atoms with E-state index in [4.69, 9.17) is 11.6 Å². The van der Waals surface area contributed by atoms with Crippen molar-refractivity contribution in [1.82, 2.24) is 0 Å². The number of carboxylic acids is 1. The summed E-state index contributed by atoms with van der Waals surface area (Å²) in [6.45, 7) is 1.57. The van der Waals surface area contributed by atoms with Gasteiger partial charge in [0.15, 0.2) is 0 Å². The van der Waals surface area contributed by atoms with Crippen LogP contribution < -0.4 is 21.1 Å². The number of nitrogens with two attached hydrogens (primary N) is 2. The average Bonchev–Trinajstić information content (AvgIpc) is 2.44. The number of benzene rings is 1. The maximum atomic E-state index is 11.8. The highest BCUT2D eigenvalue weighted by atomic mass is 35.5. The molecule has 1 amide bonds. The molecule has 0 aliphatic rings. The Labute approximate surface area is 128 Å². The number of hydrogen-bond donors (Lipinski definition) is 3. The van der Waals surface area contributed by atoms with Crippen molar-refractivity contribution in [3.63, 3.8) is 0 Å². The van der Waals surface area contributed by atoms with Gasteiger partial charge in [-0.25, -0.2) is 0 Å². The topological polar surface area (TPSA) is 102 Å². The summed E-state index contributed by atoms with van der Waals surface area (Å²) in [6, 6.07) is 5.76. The van der Waals surface area contributed by atoms with Crippen LogP contribution in [-0.2, 0) is 9.59 Å². The van der Waals surface area contributed by atoms with Gasteiger partial charge in [0.1, 0.15) is 6.04 Å². The monoisotopic (exact) mass is 314 g/mol. The molecule has 0 aromatic heterocycles. The molecule has 7 heteroatoms. The third kappa shape index (κ3) is 7.08. The summed E-state index contributed by atoms with van der Waals surface area (Å²) in [7, 11) is 1.95. The molecule has 1 aromatic carbocycles. The number of anilines is 1. The molecule has 0 bridgehead atoms. The van der Waals surface area contributed by atoms with Gasteiger partial charge in [-0.05, 0) is 24.3 Å². The molecule has 116 valence electrons. The van der Waals surface area contributed by atoms with Crippen LogP contribution in [0.2, 0.25) is 5.02 Å². The van der Waals surface area contributed by atoms with Crippen molar-refractivity contribution in [2.24, 2.45) is 0 Å². The van der Waals surface area contributed by atoms with Crippen molar-refractivity contribution in [3.8, 4) is 0 Å². The molecule has 5 N–H and O–H groups in total. The van der Waals surface area contributed by atoms with Gasteiger partial charge in [0.05, 0.1) is 32.5 Å². The molecule has 0 radical (unpaired) electrons. The molecule has 0 heterocycles. The van der Waals surface area contributed by atoms with Crippen LogP contribution in [0, 0.1) is 0 Å². The normalized spacial score (nSPS) is 11.9. The van der Waals surface area contributed by atoms with Gasteiger partial charge in [-0.15, -0.1) is 0 Å². The predicted molar refractivity (Wildman–Crippen MR) is 77.6 cm³/mol. The minimum absolute atomic E-state index is 0.124. The smallest absolute Gasteiger partial charge is 0.230 e. The lowest BCUT2D eigenvalue weighted by Crippen LogP contribution is -2.94. The van der Waals surface area contributed by atoms with Gasteiger partial charge in [-0.2, -0.15) is 0 Å². The first-order valence-corrected chi connectivity index (χ1v) is 7.28. The highest BCUT2D eigenvalue weighted by Gasteiger charge is 2.18. The van der Waals surface area contributed by atoms with Crippen LogP contribution in [0.5, 0.6) is 0 Å². The van der Waals surface area contributed by atoms with E-state index in [9.17, 15) is 14.7 Å². The molecule has 1 rings (SSSR count). The van der Waals surface area contributed by atoms with Crippen LogP contribution >= 0.6 is 11.6 Å². The lowest BCUT2D eigenvalue weighted by Gasteiger charge is -2.16. The van der Waals surface area contributed by atoms with Crippen molar-refractivity contribution < 1.29 is 25.3 Å². The third-order valence-corrected chi connectivity index (χ3v) is 3.24. The van der Waals surface area contributed by atoms with Crippen LogP contribution in [0.4, 0.5) is 5.69 Å². The molecule has 0 fully saturated rings. The van der Waals surface area contributed by atoms with Gasteiger partial charge in [0.2, 0.25) is 5.91 Å². The summed E-state index contributed by atoms with van der Waals surface area (Å²) in [4.78, 5) is 22.9. The fourth-order valence-electron chi connectivity index (χ4n) is 1.85. The number of carbonyl (C=O) groups excluding carboxylic acids is 2. The number of nitrogens with one attached hydrogen (secondary N) is 1. The lowest BCUT2D eigenvalue weighted by atomic mass is 10.2. The van der Waals surface area contributed by atoms with Gasteiger partial charge >= 0.3 is 0 Å². The lowest BCUT2D eigenvalue weighted by molar-refractivity contribution is -0.692. The van der Waals surface area contributed by atoms with Gasteiger partial charge in [-0.1, -0.05) is 11.6 Å². The van der Waals surface area contributed by atoms with Gasteiger partial charge < -0.3 is 25.9 Å². The van der Waals surface area contributed by atoms with E-state index in [1.54, 1.807) is 29.6 Å². The van der Waals surface area contributed by atoms with Crippen molar-refractivity contribution in [3.05, 3.63) is 29.3 Å². The highest BCUT2D eigenvalue weighted by molar-refractivity contribution is 6.30. The number of rotatable bonds is 9. The number of quaternary nitrogens is 2. The Hall–Kier alpha value is -1.63. The fourth-order valence-corrected chi connectivity index (χ4v) is 1.97. The summed E-state index contributed by atoms with van der Waals surface area (Å²) in [5.41, 5.74) is 0.585. The largest absolute Gasteiger partial charge is 0.544 e. The molecule has 0 saturated carbocycles. The average molecular weight is 315 g/mol. The van der Waals surface area contributed by atoms with E-state index in [2.05, 4.69) is 5.32 Å². The minimum Gasteiger partial charge on any atom is -0.544 e. The first-order valence-electron chi connectivity index (χ1n) is 6.90. The van der Waals surface area contributed by atoms with Crippen LogP contribution in [0.1, 0.15) is 12.8 Å². The summed E-state index contributed by atoms with van der Waals surface area (Å²) in [5.74, 6) is -1.58. The van der Waals surface area contributed by atoms with Crippen LogP contribution in [0.25, 0.3) is 0 Å². The second-order valence-corrected chi connectivity index (χ2v) is 5.20. The number of halogens is 1. The minimum atomic E-state index is -1.22. The summed E-state index contributed by atoms with van der Waals surface area (Å²) in [6.07, 6.45) is 0.750. The molecule has 21 heavy (non-hydrogen) atoms. The standard InChI is InChI=1S/C14H20ClN3O3/c1-16-7-2-8-17-12(14(20)21)9-13(19)18-11-5-3-10(15)4-6-11/h3-6,12,16-17H,2,7-9H2,1H3,(H,18,19)(H,20,21)/p+1/t12-/m1/s1. The Morgan fingerprint density at radius 1 is 1.29 bits per heavy atom. The molecule has 0 unspecified atom stereocenters. The maximum absolute atomic E-state index is 11.8. The van der Waals surface area contributed by atoms with E-state index < -0.39 is 12.0 Å². The fraction of sp³-hybridized carbons (Fsp3) is 0.429. The molecule has 6 nitrogen and oxygen atoms in total. The Morgan fingerprint density at radius 3 is 2.52 bits per heavy atom. The highest BCUT2D eigenvalue weighted by Crippen LogP contribution is 2.13. The summed E-state index contributed by atoms with van der Waals surface area (Å²) < 4.78 is 0. The molecule has 0 aliphatic heterocycles. The summed E-state index contributed by atoms with van der Waals surface area (Å²) in [5, 5.41) is 17.9. The number of carboxylic acid groups (broad SMARTS) is 1. The number of amides is 1. The number of carbonyl (C=O) groups is 2. The number of hydrogen-bond acceptors (Lipinski definition) is 3. The molecular formula is C14H21ClN3O3+. The van der Waals surface area contributed by atoms with Crippen molar-refractivity contribution >= 4 is 29.2 Å². The molecule has 0 saturated heterocycles. The van der Waals surface area contributed by atoms with Crippen LogP contribution in [-0.4, -0.2) is 38.1 Å². The Balaban J connectivity index is 2.44. The maximum Gasteiger partial charge on any atom is 0.230 e. The Bertz CT molecular complexity index is 465. The van der Waals surface area contributed by atoms with Crippen LogP contribution in [0.3, 0.4) is 0 Å². The van der Waals surface area contributed by atoms with E-state index in [0.29, 0.717) is 17.3 Å². The molecular weight excluding hydrogens is 294 g/mol. The zero-order valence-corrected chi connectivity index (χ0v) is 12.7. The van der Waals surface area contributed by atoms with E-state index in [1.165, 1.54) is 0 Å². The van der Waals surface area contributed by atoms with Gasteiger partial charge in [0.25, 0.3) is 0 Å². The second-order valence-electron chi connectivity index (χ2n) is 4.76.